The van der Waals surface area contributed by atoms with Crippen molar-refractivity contribution in [2.75, 3.05) is 14.2 Å². The molecule has 0 spiro atoms. The molecule has 4 heteroatoms. The Morgan fingerprint density at radius 3 is 2.30 bits per heavy atom. The second-order valence-corrected chi connectivity index (χ2v) is 4.13. The topological polar surface area (TPSA) is 51.6 Å². The third-order valence-electron chi connectivity index (χ3n) is 2.90. The second kappa shape index (κ2) is 6.73. The van der Waals surface area contributed by atoms with Gasteiger partial charge < -0.3 is 14.6 Å². The third kappa shape index (κ3) is 3.16. The van der Waals surface area contributed by atoms with Crippen molar-refractivity contribution >= 4 is 6.08 Å². The Balaban J connectivity index is 2.27. The van der Waals surface area contributed by atoms with Crippen LogP contribution in [-0.2, 0) is 0 Å². The molecule has 1 aromatic carbocycles. The van der Waals surface area contributed by atoms with E-state index in [0.29, 0.717) is 17.2 Å². The highest BCUT2D eigenvalue weighted by Gasteiger charge is 2.08. The number of aromatic nitrogens is 1. The number of benzene rings is 1. The van der Waals surface area contributed by atoms with Crippen LogP contribution in [0.2, 0.25) is 0 Å². The van der Waals surface area contributed by atoms with Gasteiger partial charge in [0.25, 0.3) is 0 Å². The smallest absolute Gasteiger partial charge is 0.129 e. The highest BCUT2D eigenvalue weighted by Crippen LogP contribution is 2.30. The van der Waals surface area contributed by atoms with Gasteiger partial charge in [0.2, 0.25) is 0 Å². The molecular weight excluding hydrogens is 254 g/mol. The van der Waals surface area contributed by atoms with Crippen LogP contribution in [0.4, 0.5) is 0 Å². The minimum Gasteiger partial charge on any atom is -0.496 e. The maximum atomic E-state index is 10.1. The van der Waals surface area contributed by atoms with Crippen LogP contribution < -0.4 is 9.47 Å². The van der Waals surface area contributed by atoms with Gasteiger partial charge in [-0.3, -0.25) is 4.98 Å². The van der Waals surface area contributed by atoms with Gasteiger partial charge in [-0.2, -0.15) is 0 Å². The summed E-state index contributed by atoms with van der Waals surface area (Å²) in [7, 11) is 3.20. The molecule has 2 rings (SSSR count). The van der Waals surface area contributed by atoms with E-state index in [2.05, 4.69) is 4.98 Å². The van der Waals surface area contributed by atoms with E-state index in [-0.39, 0.29) is 0 Å². The molecule has 0 bridgehead atoms. The molecule has 0 saturated carbocycles. The SMILES string of the molecule is COc1cccc(OC)c1/C=C/C(O)c1ccccn1. The number of nitrogens with zero attached hydrogens (tertiary/aromatic N) is 1. The van der Waals surface area contributed by atoms with Crippen molar-refractivity contribution in [1.82, 2.24) is 4.98 Å². The molecule has 1 N–H and O–H groups in total. The summed E-state index contributed by atoms with van der Waals surface area (Å²) >= 11 is 0. The van der Waals surface area contributed by atoms with Crippen molar-refractivity contribution in [3.8, 4) is 11.5 Å². The van der Waals surface area contributed by atoms with Crippen LogP contribution >= 0.6 is 0 Å². The zero-order valence-corrected chi connectivity index (χ0v) is 11.5. The number of pyridine rings is 1. The molecule has 1 aromatic heterocycles. The lowest BCUT2D eigenvalue weighted by Crippen LogP contribution is -1.96. The molecular formula is C16H17NO3. The van der Waals surface area contributed by atoms with Crippen LogP contribution in [0.1, 0.15) is 17.4 Å². The zero-order chi connectivity index (χ0) is 14.4. The molecule has 0 aliphatic heterocycles. The molecule has 104 valence electrons. The van der Waals surface area contributed by atoms with Crippen LogP contribution in [0.15, 0.2) is 48.7 Å². The normalized spacial score (nSPS) is 12.3. The summed E-state index contributed by atoms with van der Waals surface area (Å²) in [6, 6.07) is 11.0. The van der Waals surface area contributed by atoms with E-state index in [4.69, 9.17) is 9.47 Å². The van der Waals surface area contributed by atoms with Crippen LogP contribution in [0, 0.1) is 0 Å². The molecule has 20 heavy (non-hydrogen) atoms. The van der Waals surface area contributed by atoms with Gasteiger partial charge in [-0.25, -0.2) is 0 Å². The first-order chi connectivity index (χ1) is 9.76. The summed E-state index contributed by atoms with van der Waals surface area (Å²) in [6.45, 7) is 0. The summed E-state index contributed by atoms with van der Waals surface area (Å²) in [5.41, 5.74) is 1.38. The Morgan fingerprint density at radius 2 is 1.75 bits per heavy atom. The van der Waals surface area contributed by atoms with Crippen molar-refractivity contribution in [3.05, 3.63) is 59.9 Å². The van der Waals surface area contributed by atoms with Crippen LogP contribution in [0.25, 0.3) is 6.08 Å². The predicted molar refractivity (Wildman–Crippen MR) is 77.8 cm³/mol. The van der Waals surface area contributed by atoms with E-state index in [1.54, 1.807) is 38.6 Å². The Hall–Kier alpha value is -2.33. The number of rotatable bonds is 5. The summed E-state index contributed by atoms with van der Waals surface area (Å²) in [5, 5.41) is 10.1. The standard InChI is InChI=1S/C16H17NO3/c1-19-15-7-5-8-16(20-2)12(15)9-10-14(18)13-6-3-4-11-17-13/h3-11,14,18H,1-2H3/b10-9+. The predicted octanol–water partition coefficient (Wildman–Crippen LogP) is 2.85. The van der Waals surface area contributed by atoms with Gasteiger partial charge in [0.1, 0.15) is 17.6 Å². The molecule has 0 amide bonds. The van der Waals surface area contributed by atoms with E-state index < -0.39 is 6.10 Å². The third-order valence-corrected chi connectivity index (χ3v) is 2.90. The van der Waals surface area contributed by atoms with Crippen LogP contribution in [0.5, 0.6) is 11.5 Å². The summed E-state index contributed by atoms with van der Waals surface area (Å²) < 4.78 is 10.6. The van der Waals surface area contributed by atoms with Gasteiger partial charge in [-0.05, 0) is 36.4 Å². The fraction of sp³-hybridized carbons (Fsp3) is 0.188. The number of hydrogen-bond donors (Lipinski definition) is 1. The van der Waals surface area contributed by atoms with Crippen molar-refractivity contribution in [2.45, 2.75) is 6.10 Å². The largest absolute Gasteiger partial charge is 0.496 e. The van der Waals surface area contributed by atoms with Crippen molar-refractivity contribution in [1.29, 1.82) is 0 Å². The lowest BCUT2D eigenvalue weighted by Gasteiger charge is -2.10. The van der Waals surface area contributed by atoms with Crippen LogP contribution in [0.3, 0.4) is 0 Å². The summed E-state index contributed by atoms with van der Waals surface area (Å²) in [5.74, 6) is 1.38. The van der Waals surface area contributed by atoms with E-state index in [1.807, 2.05) is 30.3 Å². The number of aliphatic hydroxyl groups is 1. The van der Waals surface area contributed by atoms with E-state index in [9.17, 15) is 5.11 Å². The average molecular weight is 271 g/mol. The van der Waals surface area contributed by atoms with Gasteiger partial charge in [-0.1, -0.05) is 12.1 Å². The number of methoxy groups -OCH3 is 2. The Morgan fingerprint density at radius 1 is 1.05 bits per heavy atom. The van der Waals surface area contributed by atoms with Gasteiger partial charge in [-0.15, -0.1) is 0 Å². The molecule has 1 unspecified atom stereocenters. The van der Waals surface area contributed by atoms with E-state index in [0.717, 1.165) is 5.56 Å². The van der Waals surface area contributed by atoms with Crippen LogP contribution in [-0.4, -0.2) is 24.3 Å². The lowest BCUT2D eigenvalue weighted by molar-refractivity contribution is 0.224. The Bertz CT molecular complexity index is 559. The monoisotopic (exact) mass is 271 g/mol. The van der Waals surface area contributed by atoms with Gasteiger partial charge in [0, 0.05) is 6.20 Å². The molecule has 0 radical (unpaired) electrons. The highest BCUT2D eigenvalue weighted by molar-refractivity contribution is 5.64. The molecule has 0 saturated heterocycles. The molecule has 1 atom stereocenters. The quantitative estimate of drug-likeness (QED) is 0.908. The average Bonchev–Trinajstić information content (AvgIpc) is 2.52. The minimum absolute atomic E-state index is 0.595. The zero-order valence-electron chi connectivity index (χ0n) is 11.5. The second-order valence-electron chi connectivity index (χ2n) is 4.13. The number of aliphatic hydroxyl groups excluding tert-OH is 1. The molecule has 0 aliphatic carbocycles. The Kier molecular flexibility index (Phi) is 4.74. The first-order valence-electron chi connectivity index (χ1n) is 6.24. The van der Waals surface area contributed by atoms with Crippen molar-refractivity contribution in [2.24, 2.45) is 0 Å². The number of hydrogen-bond acceptors (Lipinski definition) is 4. The highest BCUT2D eigenvalue weighted by atomic mass is 16.5. The molecule has 0 aliphatic rings. The van der Waals surface area contributed by atoms with Gasteiger partial charge in [0.05, 0.1) is 25.5 Å². The molecule has 1 heterocycles. The van der Waals surface area contributed by atoms with Gasteiger partial charge in [0.15, 0.2) is 0 Å². The summed E-state index contributed by atoms with van der Waals surface area (Å²) in [4.78, 5) is 4.11. The minimum atomic E-state index is -0.772. The van der Waals surface area contributed by atoms with E-state index >= 15 is 0 Å². The van der Waals surface area contributed by atoms with Gasteiger partial charge >= 0.3 is 0 Å². The fourth-order valence-corrected chi connectivity index (χ4v) is 1.88. The Labute approximate surface area is 118 Å². The maximum absolute atomic E-state index is 10.1. The molecule has 2 aromatic rings. The summed E-state index contributed by atoms with van der Waals surface area (Å²) in [6.07, 6.45) is 4.31. The van der Waals surface area contributed by atoms with Crippen molar-refractivity contribution < 1.29 is 14.6 Å². The molecule has 4 nitrogen and oxygen atoms in total. The lowest BCUT2D eigenvalue weighted by atomic mass is 10.1. The van der Waals surface area contributed by atoms with Crippen molar-refractivity contribution in [3.63, 3.8) is 0 Å². The first kappa shape index (κ1) is 14.1. The number of ether oxygens (including phenoxy) is 2. The first-order valence-corrected chi connectivity index (χ1v) is 6.24. The molecule has 0 fully saturated rings. The van der Waals surface area contributed by atoms with E-state index in [1.165, 1.54) is 0 Å². The maximum Gasteiger partial charge on any atom is 0.129 e. The fourth-order valence-electron chi connectivity index (χ4n) is 1.88.